The predicted molar refractivity (Wildman–Crippen MR) is 95.5 cm³/mol. The number of carbonyl (C=O) groups excluding carboxylic acids is 1. The maximum Gasteiger partial charge on any atom is 0.266 e. The van der Waals surface area contributed by atoms with Crippen molar-refractivity contribution in [3.8, 4) is 11.8 Å². The fraction of sp³-hybridized carbons (Fsp3) is 0.200. The van der Waals surface area contributed by atoms with Gasteiger partial charge in [-0.25, -0.2) is 0 Å². The Labute approximate surface area is 142 Å². The van der Waals surface area contributed by atoms with Gasteiger partial charge in [-0.3, -0.25) is 4.79 Å². The van der Waals surface area contributed by atoms with Crippen molar-refractivity contribution in [2.75, 3.05) is 5.32 Å². The summed E-state index contributed by atoms with van der Waals surface area (Å²) in [5, 5.41) is 21.2. The second kappa shape index (κ2) is 7.98. The van der Waals surface area contributed by atoms with Gasteiger partial charge in [0.1, 0.15) is 17.4 Å². The lowest BCUT2D eigenvalue weighted by Gasteiger charge is -2.10. The molecule has 2 aromatic rings. The van der Waals surface area contributed by atoms with Gasteiger partial charge in [-0.1, -0.05) is 38.1 Å². The van der Waals surface area contributed by atoms with Crippen molar-refractivity contribution in [3.63, 3.8) is 0 Å². The SMILES string of the molecule is CC[C@H](C)c1ccc(NC(=O)/C(C#N)=C/c2ccc(O)cc2)cc1. The van der Waals surface area contributed by atoms with Crippen LogP contribution in [0.15, 0.2) is 54.1 Å². The van der Waals surface area contributed by atoms with E-state index in [1.54, 1.807) is 12.1 Å². The molecule has 0 fully saturated rings. The lowest BCUT2D eigenvalue weighted by Crippen LogP contribution is -2.13. The van der Waals surface area contributed by atoms with Gasteiger partial charge in [0.05, 0.1) is 0 Å². The summed E-state index contributed by atoms with van der Waals surface area (Å²) in [4.78, 5) is 12.2. The molecule has 0 spiro atoms. The normalized spacial score (nSPS) is 12.3. The van der Waals surface area contributed by atoms with Crippen LogP contribution in [-0.4, -0.2) is 11.0 Å². The number of hydrogen-bond acceptors (Lipinski definition) is 3. The molecule has 0 unspecified atom stereocenters. The Bertz CT molecular complexity index is 769. The third kappa shape index (κ3) is 4.47. The van der Waals surface area contributed by atoms with E-state index in [2.05, 4.69) is 19.2 Å². The van der Waals surface area contributed by atoms with E-state index in [1.165, 1.54) is 23.8 Å². The maximum atomic E-state index is 12.2. The number of benzene rings is 2. The highest BCUT2D eigenvalue weighted by atomic mass is 16.3. The zero-order valence-corrected chi connectivity index (χ0v) is 13.8. The minimum Gasteiger partial charge on any atom is -0.508 e. The number of nitrogens with zero attached hydrogens (tertiary/aromatic N) is 1. The van der Waals surface area contributed by atoms with Gasteiger partial charge in [-0.05, 0) is 53.8 Å². The van der Waals surface area contributed by atoms with Gasteiger partial charge in [0, 0.05) is 5.69 Å². The van der Waals surface area contributed by atoms with Crippen molar-refractivity contribution >= 4 is 17.7 Å². The first-order valence-electron chi connectivity index (χ1n) is 7.85. The fourth-order valence-corrected chi connectivity index (χ4v) is 2.21. The van der Waals surface area contributed by atoms with Gasteiger partial charge in [-0.15, -0.1) is 0 Å². The number of anilines is 1. The van der Waals surface area contributed by atoms with Crippen LogP contribution in [0.4, 0.5) is 5.69 Å². The second-order valence-corrected chi connectivity index (χ2v) is 5.65. The number of amides is 1. The molecule has 0 aromatic heterocycles. The van der Waals surface area contributed by atoms with Crippen LogP contribution in [0, 0.1) is 11.3 Å². The quantitative estimate of drug-likeness (QED) is 0.631. The average Bonchev–Trinajstić information content (AvgIpc) is 2.61. The highest BCUT2D eigenvalue weighted by Gasteiger charge is 2.10. The lowest BCUT2D eigenvalue weighted by atomic mass is 9.98. The minimum absolute atomic E-state index is 0.00620. The van der Waals surface area contributed by atoms with E-state index < -0.39 is 5.91 Å². The molecule has 0 saturated heterocycles. The summed E-state index contributed by atoms with van der Waals surface area (Å²) in [6.07, 6.45) is 2.54. The molecule has 0 aliphatic rings. The van der Waals surface area contributed by atoms with Crippen LogP contribution >= 0.6 is 0 Å². The number of phenols is 1. The summed E-state index contributed by atoms with van der Waals surface area (Å²) in [5.41, 5.74) is 2.55. The van der Waals surface area contributed by atoms with Gasteiger partial charge in [0.25, 0.3) is 5.91 Å². The molecule has 1 atom stereocenters. The molecule has 0 saturated carbocycles. The molecule has 2 N–H and O–H groups in total. The highest BCUT2D eigenvalue weighted by molar-refractivity contribution is 6.09. The molecule has 0 bridgehead atoms. The van der Waals surface area contributed by atoms with Crippen LogP contribution in [0.25, 0.3) is 6.08 Å². The van der Waals surface area contributed by atoms with Crippen molar-refractivity contribution in [1.82, 2.24) is 0 Å². The third-order valence-corrected chi connectivity index (χ3v) is 3.92. The molecule has 0 aliphatic heterocycles. The van der Waals surface area contributed by atoms with E-state index in [0.717, 1.165) is 6.42 Å². The summed E-state index contributed by atoms with van der Waals surface area (Å²) in [7, 11) is 0. The van der Waals surface area contributed by atoms with E-state index in [0.29, 0.717) is 17.2 Å². The molecule has 0 radical (unpaired) electrons. The minimum atomic E-state index is -0.457. The number of nitrogens with one attached hydrogen (secondary N) is 1. The molecular formula is C20H20N2O2. The molecule has 2 rings (SSSR count). The monoisotopic (exact) mass is 320 g/mol. The smallest absolute Gasteiger partial charge is 0.266 e. The zero-order chi connectivity index (χ0) is 17.5. The van der Waals surface area contributed by atoms with E-state index >= 15 is 0 Å². The van der Waals surface area contributed by atoms with E-state index in [4.69, 9.17) is 0 Å². The summed E-state index contributed by atoms with van der Waals surface area (Å²) in [6, 6.07) is 15.9. The number of phenolic OH excluding ortho intramolecular Hbond substituents is 1. The standard InChI is InChI=1S/C20H20N2O2/c1-3-14(2)16-6-8-18(9-7-16)22-20(24)17(13-21)12-15-4-10-19(23)11-5-15/h4-12,14,23H,3H2,1-2H3,(H,22,24)/b17-12+/t14-/m0/s1. The van der Waals surface area contributed by atoms with Crippen molar-refractivity contribution in [3.05, 3.63) is 65.2 Å². The largest absolute Gasteiger partial charge is 0.508 e. The van der Waals surface area contributed by atoms with Crippen LogP contribution in [-0.2, 0) is 4.79 Å². The van der Waals surface area contributed by atoms with Gasteiger partial charge >= 0.3 is 0 Å². The Morgan fingerprint density at radius 2 is 1.83 bits per heavy atom. The number of carbonyl (C=O) groups is 1. The maximum absolute atomic E-state index is 12.2. The Morgan fingerprint density at radius 3 is 2.38 bits per heavy atom. The summed E-state index contributed by atoms with van der Waals surface area (Å²) >= 11 is 0. The number of aromatic hydroxyl groups is 1. The molecule has 0 aliphatic carbocycles. The molecule has 2 aromatic carbocycles. The van der Waals surface area contributed by atoms with Gasteiger partial charge in [0.2, 0.25) is 0 Å². The van der Waals surface area contributed by atoms with Gasteiger partial charge < -0.3 is 10.4 Å². The van der Waals surface area contributed by atoms with Crippen LogP contribution in [0.5, 0.6) is 5.75 Å². The van der Waals surface area contributed by atoms with E-state index in [1.807, 2.05) is 30.3 Å². The molecule has 1 amide bonds. The highest BCUT2D eigenvalue weighted by Crippen LogP contribution is 2.21. The Hall–Kier alpha value is -3.06. The molecule has 4 nitrogen and oxygen atoms in total. The van der Waals surface area contributed by atoms with Crippen molar-refractivity contribution in [2.24, 2.45) is 0 Å². The molecule has 0 heterocycles. The van der Waals surface area contributed by atoms with Crippen LogP contribution in [0.3, 0.4) is 0 Å². The van der Waals surface area contributed by atoms with Crippen LogP contribution < -0.4 is 5.32 Å². The predicted octanol–water partition coefficient (Wildman–Crippen LogP) is 4.45. The average molecular weight is 320 g/mol. The zero-order valence-electron chi connectivity index (χ0n) is 13.8. The number of rotatable bonds is 5. The summed E-state index contributed by atoms with van der Waals surface area (Å²) < 4.78 is 0. The third-order valence-electron chi connectivity index (χ3n) is 3.92. The Balaban J connectivity index is 2.12. The summed E-state index contributed by atoms with van der Waals surface area (Å²) in [5.74, 6) is 0.150. The fourth-order valence-electron chi connectivity index (χ4n) is 2.21. The first-order valence-corrected chi connectivity index (χ1v) is 7.85. The topological polar surface area (TPSA) is 73.1 Å². The molecule has 24 heavy (non-hydrogen) atoms. The molecular weight excluding hydrogens is 300 g/mol. The first kappa shape index (κ1) is 17.3. The van der Waals surface area contributed by atoms with Crippen LogP contribution in [0.1, 0.15) is 37.3 Å². The van der Waals surface area contributed by atoms with Crippen molar-refractivity contribution < 1.29 is 9.90 Å². The van der Waals surface area contributed by atoms with Crippen molar-refractivity contribution in [2.45, 2.75) is 26.2 Å². The summed E-state index contributed by atoms with van der Waals surface area (Å²) in [6.45, 7) is 4.29. The van der Waals surface area contributed by atoms with Gasteiger partial charge in [-0.2, -0.15) is 5.26 Å². The number of hydrogen-bond donors (Lipinski definition) is 2. The second-order valence-electron chi connectivity index (χ2n) is 5.65. The Morgan fingerprint density at radius 1 is 1.21 bits per heavy atom. The van der Waals surface area contributed by atoms with E-state index in [9.17, 15) is 15.2 Å². The van der Waals surface area contributed by atoms with Crippen LogP contribution in [0.2, 0.25) is 0 Å². The lowest BCUT2D eigenvalue weighted by molar-refractivity contribution is -0.112. The molecule has 122 valence electrons. The van der Waals surface area contributed by atoms with E-state index in [-0.39, 0.29) is 11.3 Å². The molecule has 4 heteroatoms. The number of nitriles is 1. The van der Waals surface area contributed by atoms with Gasteiger partial charge in [0.15, 0.2) is 0 Å². The van der Waals surface area contributed by atoms with Crippen molar-refractivity contribution in [1.29, 1.82) is 5.26 Å². The Kier molecular flexibility index (Phi) is 5.75. The first-order chi connectivity index (χ1) is 11.5.